The largest absolute Gasteiger partial charge is 0.514 e. The lowest BCUT2D eigenvalue weighted by molar-refractivity contribution is -0.0148. The Morgan fingerprint density at radius 1 is 0.652 bits per heavy atom. The molecule has 0 amide bonds. The maximum absolute atomic E-state index is 13.5. The van der Waals surface area contributed by atoms with Gasteiger partial charge in [-0.05, 0) is 85.5 Å². The van der Waals surface area contributed by atoms with Gasteiger partial charge in [-0.3, -0.25) is 0 Å². The Hall–Kier alpha value is -2.46. The van der Waals surface area contributed by atoms with Gasteiger partial charge in [0.05, 0.1) is 14.2 Å². The van der Waals surface area contributed by atoms with Crippen LogP contribution < -0.4 is 18.9 Å². The van der Waals surface area contributed by atoms with Crippen LogP contribution in [0, 0.1) is 35.5 Å². The molecule has 2 fully saturated rings. The molecule has 46 heavy (non-hydrogen) atoms. The average Bonchev–Trinajstić information content (AvgIpc) is 2.98. The lowest BCUT2D eigenvalue weighted by Gasteiger charge is -2.36. The fraction of sp³-hybridized carbons (Fsp3) is 0.611. The Labute approximate surface area is 290 Å². The van der Waals surface area contributed by atoms with E-state index in [1.165, 1.54) is 14.2 Å². The molecule has 6 atom stereocenters. The topological polar surface area (TPSA) is 89.5 Å². The molecule has 0 spiro atoms. The highest BCUT2D eigenvalue weighted by atomic mass is 79.9. The Bertz CT molecular complexity index is 1270. The summed E-state index contributed by atoms with van der Waals surface area (Å²) in [5.41, 5.74) is 0.822. The van der Waals surface area contributed by atoms with Crippen molar-refractivity contribution in [2.24, 2.45) is 35.5 Å². The summed E-state index contributed by atoms with van der Waals surface area (Å²) in [6.07, 6.45) is 3.59. The van der Waals surface area contributed by atoms with Gasteiger partial charge in [-0.1, -0.05) is 86.2 Å². The van der Waals surface area contributed by atoms with Gasteiger partial charge in [0.1, 0.15) is 12.2 Å². The second kappa shape index (κ2) is 16.1. The quantitative estimate of drug-likeness (QED) is 0.184. The molecule has 4 rings (SSSR count). The van der Waals surface area contributed by atoms with E-state index in [1.807, 2.05) is 0 Å². The number of hydrogen-bond acceptors (Lipinski definition) is 8. The zero-order valence-corrected chi connectivity index (χ0v) is 31.4. The minimum absolute atomic E-state index is 0.111. The summed E-state index contributed by atoms with van der Waals surface area (Å²) in [4.78, 5) is 26.9. The van der Waals surface area contributed by atoms with E-state index in [0.29, 0.717) is 55.2 Å². The third-order valence-corrected chi connectivity index (χ3v) is 10.9. The molecule has 254 valence electrons. The SMILES string of the molecule is COc1ccc(Br)c(-c2c(Br)ccc(OC)c2OC(=O)O[C@@H]2C[C@H](C)CC[C@H]2C(C)C)c1OC(=O)O[C@@H]1C[C@H](C)CC[C@H]1C(C)C. The Kier molecular flexibility index (Phi) is 12.7. The summed E-state index contributed by atoms with van der Waals surface area (Å²) >= 11 is 7.28. The summed E-state index contributed by atoms with van der Waals surface area (Å²) in [7, 11) is 2.99. The van der Waals surface area contributed by atoms with Crippen molar-refractivity contribution >= 4 is 44.2 Å². The van der Waals surface area contributed by atoms with Crippen molar-refractivity contribution in [3.63, 3.8) is 0 Å². The average molecular weight is 769 g/mol. The van der Waals surface area contributed by atoms with Crippen LogP contribution in [0.3, 0.4) is 0 Å². The molecule has 10 heteroatoms. The first kappa shape index (κ1) is 36.4. The zero-order chi connectivity index (χ0) is 33.7. The van der Waals surface area contributed by atoms with E-state index in [0.717, 1.165) is 38.5 Å². The van der Waals surface area contributed by atoms with Gasteiger partial charge >= 0.3 is 12.3 Å². The maximum Gasteiger partial charge on any atom is 0.514 e. The molecule has 0 saturated heterocycles. The molecule has 8 nitrogen and oxygen atoms in total. The van der Waals surface area contributed by atoms with E-state index in [4.69, 9.17) is 28.4 Å². The van der Waals surface area contributed by atoms with Crippen LogP contribution in [0.2, 0.25) is 0 Å². The molecule has 2 saturated carbocycles. The van der Waals surface area contributed by atoms with E-state index in [-0.39, 0.29) is 35.5 Å². The maximum atomic E-state index is 13.5. The summed E-state index contributed by atoms with van der Waals surface area (Å²) < 4.78 is 36.4. The predicted molar refractivity (Wildman–Crippen MR) is 185 cm³/mol. The molecule has 0 radical (unpaired) electrons. The molecule has 0 unspecified atom stereocenters. The van der Waals surface area contributed by atoms with Crippen molar-refractivity contribution in [1.82, 2.24) is 0 Å². The lowest BCUT2D eigenvalue weighted by atomic mass is 9.75. The number of methoxy groups -OCH3 is 2. The van der Waals surface area contributed by atoms with Crippen LogP contribution in [0.1, 0.15) is 80.1 Å². The highest BCUT2D eigenvalue weighted by Gasteiger charge is 2.37. The lowest BCUT2D eigenvalue weighted by Crippen LogP contribution is -2.36. The summed E-state index contributed by atoms with van der Waals surface area (Å²) in [5, 5.41) is 0. The molecular weight excluding hydrogens is 720 g/mol. The van der Waals surface area contributed by atoms with Crippen LogP contribution in [-0.2, 0) is 9.47 Å². The Morgan fingerprint density at radius 3 is 1.35 bits per heavy atom. The second-order valence-corrected chi connectivity index (χ2v) is 15.3. The number of hydrogen-bond donors (Lipinski definition) is 0. The van der Waals surface area contributed by atoms with Crippen LogP contribution in [0.4, 0.5) is 9.59 Å². The van der Waals surface area contributed by atoms with Gasteiger partial charge in [-0.15, -0.1) is 0 Å². The molecule has 0 heterocycles. The standard InChI is InChI=1S/C36H48Br2O8/c1-19(2)23-11-9-21(5)17-29(23)43-35(39)45-33-27(41-7)15-13-25(37)31(33)32-26(38)14-16-28(42-8)34(32)46-36(40)44-30-18-22(6)10-12-24(30)20(3)4/h13-16,19-24,29-30H,9-12,17-18H2,1-8H3/t21-,22-,23+,24+,29-,30-/m1/s1. The second-order valence-electron chi connectivity index (χ2n) is 13.6. The molecule has 2 aromatic rings. The highest BCUT2D eigenvalue weighted by Crippen LogP contribution is 2.52. The van der Waals surface area contributed by atoms with Gasteiger partial charge in [-0.25, -0.2) is 9.59 Å². The highest BCUT2D eigenvalue weighted by molar-refractivity contribution is 9.11. The van der Waals surface area contributed by atoms with Gasteiger partial charge in [0.2, 0.25) is 0 Å². The van der Waals surface area contributed by atoms with E-state index < -0.39 is 12.3 Å². The molecule has 0 bridgehead atoms. The van der Waals surface area contributed by atoms with Crippen LogP contribution in [0.15, 0.2) is 33.2 Å². The summed E-state index contributed by atoms with van der Waals surface area (Å²) in [5.74, 6) is 2.93. The van der Waals surface area contributed by atoms with Gasteiger partial charge in [-0.2, -0.15) is 0 Å². The van der Waals surface area contributed by atoms with Crippen molar-refractivity contribution in [3.8, 4) is 34.1 Å². The van der Waals surface area contributed by atoms with Crippen LogP contribution in [-0.4, -0.2) is 38.7 Å². The van der Waals surface area contributed by atoms with E-state index >= 15 is 0 Å². The first-order valence-corrected chi connectivity index (χ1v) is 17.9. The monoisotopic (exact) mass is 766 g/mol. The number of carbonyl (C=O) groups excluding carboxylic acids is 2. The fourth-order valence-electron chi connectivity index (χ4n) is 7.03. The molecule has 0 aromatic heterocycles. The first-order valence-electron chi connectivity index (χ1n) is 16.3. The van der Waals surface area contributed by atoms with Crippen molar-refractivity contribution in [3.05, 3.63) is 33.2 Å². The number of carbonyl (C=O) groups is 2. The molecule has 0 aliphatic heterocycles. The number of benzene rings is 2. The van der Waals surface area contributed by atoms with E-state index in [9.17, 15) is 9.59 Å². The Balaban J connectivity index is 1.71. The van der Waals surface area contributed by atoms with Gasteiger partial charge in [0, 0.05) is 20.1 Å². The molecule has 0 N–H and O–H groups in total. The first-order chi connectivity index (χ1) is 21.8. The molecule has 2 aromatic carbocycles. The van der Waals surface area contributed by atoms with Crippen molar-refractivity contribution < 1.29 is 38.0 Å². The fourth-order valence-corrected chi connectivity index (χ4v) is 8.05. The summed E-state index contributed by atoms with van der Waals surface area (Å²) in [6, 6.07) is 6.92. The number of ether oxygens (including phenoxy) is 6. The zero-order valence-electron chi connectivity index (χ0n) is 28.2. The van der Waals surface area contributed by atoms with Crippen LogP contribution >= 0.6 is 31.9 Å². The summed E-state index contributed by atoms with van der Waals surface area (Å²) in [6.45, 7) is 13.0. The third kappa shape index (κ3) is 8.52. The van der Waals surface area contributed by atoms with Crippen molar-refractivity contribution in [1.29, 1.82) is 0 Å². The minimum atomic E-state index is -0.825. The van der Waals surface area contributed by atoms with E-state index in [1.54, 1.807) is 24.3 Å². The third-order valence-electron chi connectivity index (χ3n) is 9.62. The molecular formula is C36H48Br2O8. The van der Waals surface area contributed by atoms with E-state index in [2.05, 4.69) is 73.4 Å². The van der Waals surface area contributed by atoms with Crippen molar-refractivity contribution in [2.45, 2.75) is 92.3 Å². The molecule has 2 aliphatic carbocycles. The van der Waals surface area contributed by atoms with Gasteiger partial charge in [0.15, 0.2) is 23.0 Å². The van der Waals surface area contributed by atoms with Gasteiger partial charge in [0.25, 0.3) is 0 Å². The smallest absolute Gasteiger partial charge is 0.493 e. The van der Waals surface area contributed by atoms with Crippen LogP contribution in [0.25, 0.3) is 11.1 Å². The predicted octanol–water partition coefficient (Wildman–Crippen LogP) is 10.8. The molecule has 2 aliphatic rings. The number of halogens is 2. The number of rotatable bonds is 9. The Morgan fingerprint density at radius 2 is 1.02 bits per heavy atom. The van der Waals surface area contributed by atoms with Crippen LogP contribution in [0.5, 0.6) is 23.0 Å². The van der Waals surface area contributed by atoms with Gasteiger partial charge < -0.3 is 28.4 Å². The van der Waals surface area contributed by atoms with Crippen molar-refractivity contribution in [2.75, 3.05) is 14.2 Å². The normalized spacial score (nSPS) is 24.8. The minimum Gasteiger partial charge on any atom is -0.493 e.